The molecule has 1 aromatic heterocycles. The van der Waals surface area contributed by atoms with E-state index in [-0.39, 0.29) is 53.2 Å². The molecule has 1 aliphatic heterocycles. The monoisotopic (exact) mass is 660 g/mol. The number of benzene rings is 2. The second-order valence-corrected chi connectivity index (χ2v) is 12.6. The van der Waals surface area contributed by atoms with Gasteiger partial charge >= 0.3 is 0 Å². The van der Waals surface area contributed by atoms with Gasteiger partial charge in [-0.1, -0.05) is 52.8 Å². The van der Waals surface area contributed by atoms with E-state index in [0.29, 0.717) is 23.7 Å². The van der Waals surface area contributed by atoms with Crippen LogP contribution in [0.4, 0.5) is 11.4 Å². The van der Waals surface area contributed by atoms with Gasteiger partial charge < -0.3 is 20.6 Å². The predicted octanol–water partition coefficient (Wildman–Crippen LogP) is 7.63. The number of rotatable bonds is 6. The van der Waals surface area contributed by atoms with Gasteiger partial charge in [-0.15, -0.1) is 35.3 Å². The second-order valence-electron chi connectivity index (χ2n) is 11.7. The molecule has 0 aliphatic carbocycles. The highest BCUT2D eigenvalue weighted by Gasteiger charge is 2.30. The summed E-state index contributed by atoms with van der Waals surface area (Å²) in [6, 6.07) is 15.0. The third-order valence-corrected chi connectivity index (χ3v) is 7.30. The normalized spacial score (nSPS) is 15.1. The van der Waals surface area contributed by atoms with E-state index in [9.17, 15) is 9.90 Å². The Morgan fingerprint density at radius 3 is 2.10 bits per heavy atom. The molecule has 0 saturated heterocycles. The predicted molar refractivity (Wildman–Crippen MR) is 171 cm³/mol. The molecule has 1 aliphatic rings. The van der Waals surface area contributed by atoms with Crippen molar-refractivity contribution >= 4 is 64.1 Å². The molecular weight excluding hydrogens is 623 g/mol. The smallest absolute Gasteiger partial charge is 0.228 e. The van der Waals surface area contributed by atoms with Crippen LogP contribution in [-0.2, 0) is 20.5 Å². The number of hydrogen-bond acceptors (Lipinski definition) is 6. The molecule has 1 amide bonds. The fraction of sp³-hybridized carbons (Fsp3) is 0.367. The first-order valence-corrected chi connectivity index (χ1v) is 13.6. The van der Waals surface area contributed by atoms with E-state index in [1.807, 2.05) is 41.8 Å². The van der Waals surface area contributed by atoms with Gasteiger partial charge in [0.15, 0.2) is 0 Å². The summed E-state index contributed by atoms with van der Waals surface area (Å²) in [5, 5.41) is 31.4. The second kappa shape index (κ2) is 12.1. The zero-order valence-electron chi connectivity index (χ0n) is 23.2. The highest BCUT2D eigenvalue weighted by molar-refractivity contribution is 14.0. The Morgan fingerprint density at radius 1 is 1.03 bits per heavy atom. The Hall–Kier alpha value is -2.92. The number of amides is 1. The van der Waals surface area contributed by atoms with Gasteiger partial charge in [-0.2, -0.15) is 0 Å². The van der Waals surface area contributed by atoms with Gasteiger partial charge in [-0.3, -0.25) is 10.2 Å². The number of nitrogens with one attached hydrogen (secondary N) is 3. The van der Waals surface area contributed by atoms with Crippen molar-refractivity contribution in [2.45, 2.75) is 71.3 Å². The average molecular weight is 661 g/mol. The maximum absolute atomic E-state index is 12.7. The number of oxime groups is 1. The summed E-state index contributed by atoms with van der Waals surface area (Å²) < 4.78 is 0. The molecule has 39 heavy (non-hydrogen) atoms. The molecule has 0 spiro atoms. The molecule has 208 valence electrons. The molecule has 0 radical (unpaired) electrons. The molecule has 0 saturated carbocycles. The lowest BCUT2D eigenvalue weighted by atomic mass is 9.78. The SMILES string of the molecule is CC(C)(C)c1cc(C2=NOC(CC(=O)Nc3ccc(NC(=N)c4cccs4)cc3)C2)cc(C(C)(C)C)c1O.I. The van der Waals surface area contributed by atoms with Gasteiger partial charge in [0.25, 0.3) is 0 Å². The van der Waals surface area contributed by atoms with E-state index >= 15 is 0 Å². The van der Waals surface area contributed by atoms with Crippen LogP contribution in [0.2, 0.25) is 0 Å². The number of phenolic OH excluding ortho intramolecular Hbond substituents is 1. The summed E-state index contributed by atoms with van der Waals surface area (Å²) in [5.74, 6) is 0.507. The van der Waals surface area contributed by atoms with E-state index in [2.05, 4.69) is 57.3 Å². The minimum absolute atomic E-state index is 0. The van der Waals surface area contributed by atoms with Crippen molar-refractivity contribution < 1.29 is 14.7 Å². The summed E-state index contributed by atoms with van der Waals surface area (Å²) in [5.41, 5.74) is 4.39. The van der Waals surface area contributed by atoms with Crippen molar-refractivity contribution in [2.24, 2.45) is 5.16 Å². The Kier molecular flexibility index (Phi) is 9.48. The first-order chi connectivity index (χ1) is 17.8. The van der Waals surface area contributed by atoms with Crippen molar-refractivity contribution in [3.05, 3.63) is 75.5 Å². The van der Waals surface area contributed by atoms with Crippen molar-refractivity contribution in [2.75, 3.05) is 10.6 Å². The lowest BCUT2D eigenvalue weighted by Gasteiger charge is -2.28. The van der Waals surface area contributed by atoms with E-state index in [1.165, 1.54) is 11.3 Å². The molecule has 2 heterocycles. The van der Waals surface area contributed by atoms with Crippen LogP contribution in [0.15, 0.2) is 59.1 Å². The maximum Gasteiger partial charge on any atom is 0.228 e. The first kappa shape index (κ1) is 30.6. The number of anilines is 2. The van der Waals surface area contributed by atoms with Crippen LogP contribution >= 0.6 is 35.3 Å². The van der Waals surface area contributed by atoms with Crippen LogP contribution < -0.4 is 10.6 Å². The van der Waals surface area contributed by atoms with Gasteiger partial charge in [0.2, 0.25) is 5.91 Å². The van der Waals surface area contributed by atoms with Crippen molar-refractivity contribution in [1.82, 2.24) is 0 Å². The molecule has 1 atom stereocenters. The Bertz CT molecular complexity index is 1320. The topological polar surface area (TPSA) is 107 Å². The molecule has 4 N–H and O–H groups in total. The quantitative estimate of drug-likeness (QED) is 0.124. The molecular formula is C30H37IN4O3S. The van der Waals surface area contributed by atoms with Gasteiger partial charge in [-0.25, -0.2) is 0 Å². The highest BCUT2D eigenvalue weighted by Crippen LogP contribution is 2.40. The van der Waals surface area contributed by atoms with E-state index in [1.54, 1.807) is 12.1 Å². The average Bonchev–Trinajstić information content (AvgIpc) is 3.52. The van der Waals surface area contributed by atoms with Crippen LogP contribution in [0.3, 0.4) is 0 Å². The van der Waals surface area contributed by atoms with Crippen LogP contribution in [-0.4, -0.2) is 28.7 Å². The lowest BCUT2D eigenvalue weighted by Crippen LogP contribution is -2.21. The minimum atomic E-state index is -0.359. The number of amidine groups is 1. The third kappa shape index (κ3) is 7.60. The van der Waals surface area contributed by atoms with Gasteiger partial charge in [0.1, 0.15) is 17.7 Å². The molecule has 7 nitrogen and oxygen atoms in total. The number of phenols is 1. The number of nitrogens with zero attached hydrogens (tertiary/aromatic N) is 1. The summed E-state index contributed by atoms with van der Waals surface area (Å²) in [6.45, 7) is 12.5. The van der Waals surface area contributed by atoms with Crippen LogP contribution in [0.25, 0.3) is 0 Å². The van der Waals surface area contributed by atoms with Gasteiger partial charge in [0.05, 0.1) is 17.0 Å². The summed E-state index contributed by atoms with van der Waals surface area (Å²) in [7, 11) is 0. The molecule has 2 aromatic carbocycles. The Balaban J connectivity index is 0.00000420. The minimum Gasteiger partial charge on any atom is -0.507 e. The van der Waals surface area contributed by atoms with Crippen molar-refractivity contribution in [1.29, 1.82) is 5.41 Å². The maximum atomic E-state index is 12.7. The summed E-state index contributed by atoms with van der Waals surface area (Å²) in [4.78, 5) is 19.2. The van der Waals surface area contributed by atoms with Crippen LogP contribution in [0.1, 0.15) is 76.0 Å². The van der Waals surface area contributed by atoms with Crippen LogP contribution in [0.5, 0.6) is 5.75 Å². The number of aromatic hydroxyl groups is 1. The van der Waals surface area contributed by atoms with Crippen molar-refractivity contribution in [3.63, 3.8) is 0 Å². The van der Waals surface area contributed by atoms with Gasteiger partial charge in [0, 0.05) is 34.5 Å². The number of hydrogen-bond donors (Lipinski definition) is 4. The Morgan fingerprint density at radius 2 is 1.59 bits per heavy atom. The summed E-state index contributed by atoms with van der Waals surface area (Å²) >= 11 is 1.50. The van der Waals surface area contributed by atoms with Gasteiger partial charge in [-0.05, 0) is 58.7 Å². The summed E-state index contributed by atoms with van der Waals surface area (Å²) in [6.07, 6.45) is 0.327. The Labute approximate surface area is 251 Å². The zero-order valence-corrected chi connectivity index (χ0v) is 26.4. The van der Waals surface area contributed by atoms with Crippen LogP contribution in [0, 0.1) is 5.41 Å². The van der Waals surface area contributed by atoms with E-state index in [4.69, 9.17) is 10.2 Å². The fourth-order valence-corrected chi connectivity index (χ4v) is 4.97. The molecule has 9 heteroatoms. The van der Waals surface area contributed by atoms with Crippen molar-refractivity contribution in [3.8, 4) is 5.75 Å². The highest BCUT2D eigenvalue weighted by atomic mass is 127. The standard InChI is InChI=1S/C30H36N4O3S.HI/c1-29(2,3)22-14-18(15-23(27(22)36)30(4,5)6)24-16-21(37-34-24)17-26(35)32-19-9-11-20(12-10-19)33-28(31)25-8-7-13-38-25;/h7-15,21,36H,16-17H2,1-6H3,(H2,31,33)(H,32,35);1H. The first-order valence-electron chi connectivity index (χ1n) is 12.7. The number of halogens is 1. The third-order valence-electron chi connectivity index (χ3n) is 6.41. The zero-order chi connectivity index (χ0) is 27.7. The number of carbonyl (C=O) groups excluding carboxylic acids is 1. The molecule has 0 fully saturated rings. The molecule has 1 unspecified atom stereocenters. The number of thiophene rings is 1. The number of carbonyl (C=O) groups is 1. The fourth-order valence-electron chi connectivity index (χ4n) is 4.34. The lowest BCUT2D eigenvalue weighted by molar-refractivity contribution is -0.118. The molecule has 0 bridgehead atoms. The molecule has 3 aromatic rings. The molecule has 4 rings (SSSR count). The van der Waals surface area contributed by atoms with E-state index < -0.39 is 0 Å². The van der Waals surface area contributed by atoms with E-state index in [0.717, 1.165) is 33.0 Å². The largest absolute Gasteiger partial charge is 0.507 e.